The minimum atomic E-state index is -1.31. The summed E-state index contributed by atoms with van der Waals surface area (Å²) in [5.41, 5.74) is -2.62. The van der Waals surface area contributed by atoms with Gasteiger partial charge in [0.1, 0.15) is 0 Å². The van der Waals surface area contributed by atoms with Gasteiger partial charge in [-0.2, -0.15) is 0 Å². The van der Waals surface area contributed by atoms with Crippen LogP contribution in [0.3, 0.4) is 0 Å². The van der Waals surface area contributed by atoms with Crippen molar-refractivity contribution < 1.29 is 30.0 Å². The van der Waals surface area contributed by atoms with E-state index < -0.39 is 35.0 Å². The van der Waals surface area contributed by atoms with Crippen molar-refractivity contribution in [2.75, 3.05) is 0 Å². The fourth-order valence-corrected chi connectivity index (χ4v) is 2.25. The molecule has 0 aliphatic rings. The minimum Gasteiger partial charge on any atom is -0.481 e. The second-order valence-electron chi connectivity index (χ2n) is 6.37. The van der Waals surface area contributed by atoms with Crippen molar-refractivity contribution in [1.82, 2.24) is 0 Å². The number of hydrogen-bond acceptors (Lipinski definition) is 4. The predicted octanol–water partition coefficient (Wildman–Crippen LogP) is 1.49. The number of carboxylic acid groups (broad SMARTS) is 2. The smallest absolute Gasteiger partial charge is 0.309 e. The first-order valence-electron chi connectivity index (χ1n) is 6.77. The van der Waals surface area contributed by atoms with Crippen molar-refractivity contribution in [3.63, 3.8) is 0 Å². The number of rotatable bonds is 9. The van der Waals surface area contributed by atoms with Crippen molar-refractivity contribution in [3.8, 4) is 0 Å². The molecular weight excluding hydrogens is 264 g/mol. The molecule has 0 aromatic heterocycles. The Hall–Kier alpha value is -1.14. The minimum absolute atomic E-state index is 0.275. The number of aliphatic carboxylic acids is 2. The van der Waals surface area contributed by atoms with Gasteiger partial charge in [-0.3, -0.25) is 9.59 Å². The van der Waals surface area contributed by atoms with Crippen molar-refractivity contribution in [2.45, 2.75) is 64.6 Å². The van der Waals surface area contributed by atoms with Crippen LogP contribution in [0.25, 0.3) is 0 Å². The van der Waals surface area contributed by atoms with Gasteiger partial charge in [-0.1, -0.05) is 12.8 Å². The van der Waals surface area contributed by atoms with E-state index in [0.29, 0.717) is 12.8 Å². The van der Waals surface area contributed by atoms with Gasteiger partial charge in [-0.15, -0.1) is 0 Å². The first-order valence-corrected chi connectivity index (χ1v) is 6.77. The Bertz CT molecular complexity index is 303. The lowest BCUT2D eigenvalue weighted by atomic mass is 9.83. The molecule has 0 radical (unpaired) electrons. The standard InChI is InChI=1S/C14H26O6/c1-13(2,19)9(11(15)16)7-5-6-8-10(12(17)18)14(3,4)20/h9-10,19-20H,5-8H2,1-4H3,(H,15,16)(H,17,18). The van der Waals surface area contributed by atoms with Crippen LogP contribution < -0.4 is 0 Å². The van der Waals surface area contributed by atoms with E-state index in [-0.39, 0.29) is 12.8 Å². The fraction of sp³-hybridized carbons (Fsp3) is 0.857. The molecule has 4 N–H and O–H groups in total. The lowest BCUT2D eigenvalue weighted by Gasteiger charge is -2.27. The second kappa shape index (κ2) is 7.04. The third-order valence-electron chi connectivity index (χ3n) is 3.54. The van der Waals surface area contributed by atoms with Gasteiger partial charge in [-0.25, -0.2) is 0 Å². The molecule has 6 nitrogen and oxygen atoms in total. The van der Waals surface area contributed by atoms with E-state index in [9.17, 15) is 19.8 Å². The highest BCUT2D eigenvalue weighted by Gasteiger charge is 2.34. The van der Waals surface area contributed by atoms with E-state index in [4.69, 9.17) is 10.2 Å². The third-order valence-corrected chi connectivity index (χ3v) is 3.54. The van der Waals surface area contributed by atoms with Crippen LogP contribution in [0, 0.1) is 11.8 Å². The molecule has 0 saturated carbocycles. The van der Waals surface area contributed by atoms with Gasteiger partial charge in [0.25, 0.3) is 0 Å². The summed E-state index contributed by atoms with van der Waals surface area (Å²) in [6, 6.07) is 0. The highest BCUT2D eigenvalue weighted by molar-refractivity contribution is 5.71. The Kier molecular flexibility index (Phi) is 6.64. The second-order valence-corrected chi connectivity index (χ2v) is 6.37. The quantitative estimate of drug-likeness (QED) is 0.478. The SMILES string of the molecule is CC(C)(O)C(CCCCC(C(=O)O)C(C)(C)O)C(=O)O. The van der Waals surface area contributed by atoms with Crippen LogP contribution in [0.1, 0.15) is 53.4 Å². The van der Waals surface area contributed by atoms with E-state index in [2.05, 4.69) is 0 Å². The summed E-state index contributed by atoms with van der Waals surface area (Å²) in [5, 5.41) is 37.6. The molecule has 0 aliphatic carbocycles. The third kappa shape index (κ3) is 6.34. The summed E-state index contributed by atoms with van der Waals surface area (Å²) < 4.78 is 0. The Morgan fingerprint density at radius 2 is 1.05 bits per heavy atom. The Morgan fingerprint density at radius 1 is 0.800 bits per heavy atom. The van der Waals surface area contributed by atoms with E-state index >= 15 is 0 Å². The molecule has 0 saturated heterocycles. The highest BCUT2D eigenvalue weighted by atomic mass is 16.4. The number of unbranched alkanes of at least 4 members (excludes halogenated alkanes) is 1. The first-order chi connectivity index (χ1) is 8.87. The van der Waals surface area contributed by atoms with Gasteiger partial charge in [0.2, 0.25) is 0 Å². The molecule has 20 heavy (non-hydrogen) atoms. The molecule has 0 heterocycles. The maximum absolute atomic E-state index is 11.0. The summed E-state index contributed by atoms with van der Waals surface area (Å²) in [4.78, 5) is 22.1. The topological polar surface area (TPSA) is 115 Å². The maximum Gasteiger partial charge on any atom is 0.309 e. The summed E-state index contributed by atoms with van der Waals surface area (Å²) in [6.45, 7) is 5.79. The van der Waals surface area contributed by atoms with Gasteiger partial charge >= 0.3 is 11.9 Å². The largest absolute Gasteiger partial charge is 0.481 e. The molecule has 0 aliphatic heterocycles. The molecule has 0 rings (SSSR count). The molecule has 0 aromatic carbocycles. The normalized spacial score (nSPS) is 15.7. The van der Waals surface area contributed by atoms with E-state index in [1.165, 1.54) is 27.7 Å². The average molecular weight is 290 g/mol. The zero-order valence-corrected chi connectivity index (χ0v) is 12.6. The monoisotopic (exact) mass is 290 g/mol. The molecule has 6 heteroatoms. The van der Waals surface area contributed by atoms with Crippen LogP contribution in [-0.4, -0.2) is 43.6 Å². The number of carbonyl (C=O) groups is 2. The Labute approximate surface area is 119 Å². The van der Waals surface area contributed by atoms with Crippen LogP contribution in [0.2, 0.25) is 0 Å². The summed E-state index contributed by atoms with van der Waals surface area (Å²) in [5.74, 6) is -3.88. The molecule has 2 unspecified atom stereocenters. The Morgan fingerprint density at radius 3 is 1.20 bits per heavy atom. The molecule has 0 spiro atoms. The maximum atomic E-state index is 11.0. The fourth-order valence-electron chi connectivity index (χ4n) is 2.25. The molecular formula is C14H26O6. The van der Waals surface area contributed by atoms with Crippen LogP contribution >= 0.6 is 0 Å². The lowest BCUT2D eigenvalue weighted by molar-refractivity contribution is -0.152. The lowest BCUT2D eigenvalue weighted by Crippen LogP contribution is -2.37. The van der Waals surface area contributed by atoms with E-state index in [0.717, 1.165) is 0 Å². The molecule has 118 valence electrons. The van der Waals surface area contributed by atoms with Crippen molar-refractivity contribution in [1.29, 1.82) is 0 Å². The Balaban J connectivity index is 4.37. The molecule has 2 atom stereocenters. The predicted molar refractivity (Wildman–Crippen MR) is 73.3 cm³/mol. The van der Waals surface area contributed by atoms with Gasteiger partial charge in [0.15, 0.2) is 0 Å². The van der Waals surface area contributed by atoms with Crippen molar-refractivity contribution in [2.24, 2.45) is 11.8 Å². The van der Waals surface area contributed by atoms with Crippen LogP contribution in [0.4, 0.5) is 0 Å². The zero-order valence-electron chi connectivity index (χ0n) is 12.6. The molecule has 0 aromatic rings. The van der Waals surface area contributed by atoms with Gasteiger partial charge < -0.3 is 20.4 Å². The van der Waals surface area contributed by atoms with E-state index in [1.54, 1.807) is 0 Å². The van der Waals surface area contributed by atoms with Crippen molar-refractivity contribution >= 4 is 11.9 Å². The zero-order chi connectivity index (χ0) is 16.1. The van der Waals surface area contributed by atoms with Gasteiger partial charge in [-0.05, 0) is 40.5 Å². The van der Waals surface area contributed by atoms with E-state index in [1.807, 2.05) is 0 Å². The number of aliphatic hydroxyl groups is 2. The summed E-state index contributed by atoms with van der Waals surface area (Å²) in [7, 11) is 0. The number of hydrogen-bond donors (Lipinski definition) is 4. The first kappa shape index (κ1) is 18.9. The van der Waals surface area contributed by atoms with Gasteiger partial charge in [0.05, 0.1) is 23.0 Å². The molecule has 0 fully saturated rings. The van der Waals surface area contributed by atoms with Crippen LogP contribution in [0.15, 0.2) is 0 Å². The molecule has 0 amide bonds. The molecule has 0 bridgehead atoms. The number of carboxylic acids is 2. The summed E-state index contributed by atoms with van der Waals surface area (Å²) >= 11 is 0. The van der Waals surface area contributed by atoms with Gasteiger partial charge in [0, 0.05) is 0 Å². The van der Waals surface area contributed by atoms with Crippen LogP contribution in [0.5, 0.6) is 0 Å². The summed E-state index contributed by atoms with van der Waals surface area (Å²) in [6.07, 6.45) is 1.52. The highest BCUT2D eigenvalue weighted by Crippen LogP contribution is 2.26. The van der Waals surface area contributed by atoms with Crippen LogP contribution in [-0.2, 0) is 9.59 Å². The van der Waals surface area contributed by atoms with Crippen molar-refractivity contribution in [3.05, 3.63) is 0 Å². The average Bonchev–Trinajstić information content (AvgIpc) is 2.17.